The Bertz CT molecular complexity index is 878. The molecule has 0 aliphatic rings. The molecule has 0 saturated carbocycles. The molecule has 0 saturated heterocycles. The molecule has 0 atom stereocenters. The summed E-state index contributed by atoms with van der Waals surface area (Å²) in [6.45, 7) is 6.32. The molecule has 0 aliphatic heterocycles. The average molecular weight is 349 g/mol. The number of benzene rings is 1. The van der Waals surface area contributed by atoms with Gasteiger partial charge < -0.3 is 10.1 Å². The Balaban J connectivity index is 0.00000117. The number of ether oxygens (including phenoxy) is 1. The smallest absolute Gasteiger partial charge is 0.233 e. The molecule has 0 unspecified atom stereocenters. The predicted molar refractivity (Wildman–Crippen MR) is 103 cm³/mol. The van der Waals surface area contributed by atoms with E-state index in [4.69, 9.17) is 10.00 Å². The molecule has 1 N–H and O–H groups in total. The van der Waals surface area contributed by atoms with E-state index in [1.807, 2.05) is 64.5 Å². The Kier molecular flexibility index (Phi) is 6.75. The molecule has 2 aromatic heterocycles. The molecule has 3 aromatic rings. The van der Waals surface area contributed by atoms with E-state index in [1.54, 1.807) is 16.8 Å². The Morgan fingerprint density at radius 1 is 1.12 bits per heavy atom. The molecule has 0 aliphatic carbocycles. The van der Waals surface area contributed by atoms with Crippen LogP contribution >= 0.6 is 0 Å². The Labute approximate surface area is 154 Å². The summed E-state index contributed by atoms with van der Waals surface area (Å²) in [5.41, 5.74) is 3.49. The first-order valence-corrected chi connectivity index (χ1v) is 8.59. The van der Waals surface area contributed by atoms with E-state index in [2.05, 4.69) is 21.5 Å². The van der Waals surface area contributed by atoms with Gasteiger partial charge in [-0.15, -0.1) is 0 Å². The lowest BCUT2D eigenvalue weighted by Gasteiger charge is -2.09. The summed E-state index contributed by atoms with van der Waals surface area (Å²) in [6.07, 6.45) is 3.80. The number of anilines is 2. The van der Waals surface area contributed by atoms with Crippen LogP contribution in [0, 0.1) is 11.3 Å². The van der Waals surface area contributed by atoms with Crippen LogP contribution < -0.4 is 10.1 Å². The van der Waals surface area contributed by atoms with E-state index in [9.17, 15) is 0 Å². The monoisotopic (exact) mass is 349 g/mol. The lowest BCUT2D eigenvalue weighted by atomic mass is 10.1. The van der Waals surface area contributed by atoms with Crippen LogP contribution in [0.2, 0.25) is 0 Å². The molecule has 0 spiro atoms. The zero-order valence-corrected chi connectivity index (χ0v) is 15.5. The van der Waals surface area contributed by atoms with Gasteiger partial charge in [-0.1, -0.05) is 26.0 Å². The maximum Gasteiger partial charge on any atom is 0.233 e. The van der Waals surface area contributed by atoms with E-state index >= 15 is 0 Å². The summed E-state index contributed by atoms with van der Waals surface area (Å²) < 4.78 is 7.18. The van der Waals surface area contributed by atoms with E-state index < -0.39 is 0 Å². The summed E-state index contributed by atoms with van der Waals surface area (Å²) in [5.74, 6) is 0.976. The molecule has 2 heterocycles. The number of hydrogen-bond acceptors (Lipinski definition) is 5. The Morgan fingerprint density at radius 3 is 2.42 bits per heavy atom. The predicted octanol–water partition coefficient (Wildman–Crippen LogP) is 4.52. The molecule has 0 radical (unpaired) electrons. The number of nitrogens with zero attached hydrogens (tertiary/aromatic N) is 4. The van der Waals surface area contributed by atoms with Gasteiger partial charge in [0.1, 0.15) is 17.5 Å². The van der Waals surface area contributed by atoms with Crippen LogP contribution in [0.3, 0.4) is 0 Å². The summed E-state index contributed by atoms with van der Waals surface area (Å²) in [7, 11) is 1.89. The van der Waals surface area contributed by atoms with Crippen LogP contribution in [0.4, 0.5) is 11.5 Å². The van der Waals surface area contributed by atoms with Crippen molar-refractivity contribution in [3.05, 3.63) is 54.4 Å². The SMILES string of the molecule is CC.CCOc1nc(Nc2ccc(-c3cnn(C)c3)cc2)ccc1C#N. The van der Waals surface area contributed by atoms with Crippen molar-refractivity contribution < 1.29 is 4.74 Å². The normalized spacial score (nSPS) is 9.65. The summed E-state index contributed by atoms with van der Waals surface area (Å²) in [4.78, 5) is 4.34. The van der Waals surface area contributed by atoms with Crippen LogP contribution in [0.5, 0.6) is 5.88 Å². The number of pyridine rings is 1. The molecule has 1 aromatic carbocycles. The lowest BCUT2D eigenvalue weighted by Crippen LogP contribution is -2.00. The highest BCUT2D eigenvalue weighted by atomic mass is 16.5. The van der Waals surface area contributed by atoms with Gasteiger partial charge in [0, 0.05) is 24.5 Å². The van der Waals surface area contributed by atoms with Crippen LogP contribution in [-0.4, -0.2) is 21.4 Å². The molecule has 0 amide bonds. The molecule has 6 heteroatoms. The van der Waals surface area contributed by atoms with Crippen LogP contribution in [0.1, 0.15) is 26.3 Å². The van der Waals surface area contributed by atoms with Gasteiger partial charge in [-0.2, -0.15) is 15.3 Å². The van der Waals surface area contributed by atoms with Crippen molar-refractivity contribution >= 4 is 11.5 Å². The second kappa shape index (κ2) is 9.23. The third-order valence-corrected chi connectivity index (χ3v) is 3.46. The summed E-state index contributed by atoms with van der Waals surface area (Å²) in [5, 5.41) is 16.5. The quantitative estimate of drug-likeness (QED) is 0.733. The zero-order chi connectivity index (χ0) is 18.9. The highest BCUT2D eigenvalue weighted by Gasteiger charge is 2.07. The second-order valence-electron chi connectivity index (χ2n) is 5.20. The fourth-order valence-corrected chi connectivity index (χ4v) is 2.31. The van der Waals surface area contributed by atoms with Crippen molar-refractivity contribution in [1.29, 1.82) is 5.26 Å². The largest absolute Gasteiger partial charge is 0.477 e. The van der Waals surface area contributed by atoms with Crippen molar-refractivity contribution in [1.82, 2.24) is 14.8 Å². The van der Waals surface area contributed by atoms with Gasteiger partial charge in [-0.05, 0) is 36.8 Å². The van der Waals surface area contributed by atoms with Gasteiger partial charge in [0.15, 0.2) is 0 Å². The molecule has 134 valence electrons. The van der Waals surface area contributed by atoms with Crippen LogP contribution in [-0.2, 0) is 7.05 Å². The van der Waals surface area contributed by atoms with E-state index in [0.29, 0.717) is 23.9 Å². The molecule has 6 nitrogen and oxygen atoms in total. The third-order valence-electron chi connectivity index (χ3n) is 3.46. The molecular weight excluding hydrogens is 326 g/mol. The number of aromatic nitrogens is 3. The van der Waals surface area contributed by atoms with Gasteiger partial charge in [0.2, 0.25) is 5.88 Å². The van der Waals surface area contributed by atoms with Crippen molar-refractivity contribution in [2.45, 2.75) is 20.8 Å². The third kappa shape index (κ3) is 4.61. The fourth-order valence-electron chi connectivity index (χ4n) is 2.31. The molecular formula is C20H23N5O. The minimum Gasteiger partial charge on any atom is -0.477 e. The van der Waals surface area contributed by atoms with Crippen molar-refractivity contribution in [3.8, 4) is 23.1 Å². The van der Waals surface area contributed by atoms with Gasteiger partial charge in [0.25, 0.3) is 0 Å². The van der Waals surface area contributed by atoms with Crippen molar-refractivity contribution in [2.75, 3.05) is 11.9 Å². The van der Waals surface area contributed by atoms with Gasteiger partial charge >= 0.3 is 0 Å². The maximum atomic E-state index is 9.07. The highest BCUT2D eigenvalue weighted by molar-refractivity contribution is 5.67. The average Bonchev–Trinajstić information content (AvgIpc) is 3.11. The summed E-state index contributed by atoms with van der Waals surface area (Å²) in [6, 6.07) is 13.5. The number of nitriles is 1. The minimum atomic E-state index is 0.344. The minimum absolute atomic E-state index is 0.344. The standard InChI is InChI=1S/C18H17N5O.C2H6/c1-3-24-18-14(10-19)6-9-17(22-18)21-16-7-4-13(5-8-16)15-11-20-23(2)12-15;1-2/h4-9,11-12H,3H2,1-2H3,(H,21,22);1-2H3. The highest BCUT2D eigenvalue weighted by Crippen LogP contribution is 2.24. The molecule has 3 rings (SSSR count). The molecule has 0 fully saturated rings. The molecule has 26 heavy (non-hydrogen) atoms. The van der Waals surface area contributed by atoms with Gasteiger partial charge in [0.05, 0.1) is 12.8 Å². The fraction of sp³-hybridized carbons (Fsp3) is 0.250. The van der Waals surface area contributed by atoms with Crippen LogP contribution in [0.15, 0.2) is 48.8 Å². The second-order valence-corrected chi connectivity index (χ2v) is 5.20. The first-order chi connectivity index (χ1) is 12.7. The summed E-state index contributed by atoms with van der Waals surface area (Å²) >= 11 is 0. The first kappa shape index (κ1) is 19.0. The van der Waals surface area contributed by atoms with E-state index in [1.165, 1.54) is 0 Å². The Hall–Kier alpha value is -3.33. The maximum absolute atomic E-state index is 9.07. The first-order valence-electron chi connectivity index (χ1n) is 8.59. The van der Waals surface area contributed by atoms with Gasteiger partial charge in [-0.3, -0.25) is 4.68 Å². The number of hydrogen-bond donors (Lipinski definition) is 1. The zero-order valence-electron chi connectivity index (χ0n) is 15.5. The van der Waals surface area contributed by atoms with Gasteiger partial charge in [-0.25, -0.2) is 0 Å². The number of nitrogens with one attached hydrogen (secondary N) is 1. The van der Waals surface area contributed by atoms with Crippen molar-refractivity contribution in [2.24, 2.45) is 7.05 Å². The Morgan fingerprint density at radius 2 is 1.85 bits per heavy atom. The van der Waals surface area contributed by atoms with Crippen LogP contribution in [0.25, 0.3) is 11.1 Å². The van der Waals surface area contributed by atoms with E-state index in [-0.39, 0.29) is 0 Å². The number of aryl methyl sites for hydroxylation is 1. The lowest BCUT2D eigenvalue weighted by molar-refractivity contribution is 0.326. The topological polar surface area (TPSA) is 75.8 Å². The molecule has 0 bridgehead atoms. The van der Waals surface area contributed by atoms with Crippen molar-refractivity contribution in [3.63, 3.8) is 0 Å². The number of rotatable bonds is 5. The van der Waals surface area contributed by atoms with E-state index in [0.717, 1.165) is 16.8 Å².